The number of carbonyl (C=O) groups is 1. The van der Waals surface area contributed by atoms with Gasteiger partial charge in [0, 0.05) is 36.6 Å². The minimum atomic E-state index is 0.0792. The Morgan fingerprint density at radius 1 is 0.909 bits per heavy atom. The molecule has 0 spiro atoms. The summed E-state index contributed by atoms with van der Waals surface area (Å²) in [6, 6.07) is 19.4. The van der Waals surface area contributed by atoms with Gasteiger partial charge in [0.1, 0.15) is 5.65 Å². The summed E-state index contributed by atoms with van der Waals surface area (Å²) in [4.78, 5) is 19.4. The van der Waals surface area contributed by atoms with Crippen LogP contribution in [0.3, 0.4) is 0 Å². The van der Waals surface area contributed by atoms with E-state index in [2.05, 4.69) is 18.3 Å². The first kappa shape index (κ1) is 20.8. The zero-order chi connectivity index (χ0) is 22.8. The van der Waals surface area contributed by atoms with Crippen molar-refractivity contribution >= 4 is 17.1 Å². The normalized spacial score (nSPS) is 13.6. The summed E-state index contributed by atoms with van der Waals surface area (Å²) in [6.07, 6.45) is 7.10. The summed E-state index contributed by atoms with van der Waals surface area (Å²) in [7, 11) is 3.25. The summed E-state index contributed by atoms with van der Waals surface area (Å²) >= 11 is 0. The van der Waals surface area contributed by atoms with Crippen molar-refractivity contribution in [1.29, 1.82) is 0 Å². The molecule has 2 aromatic carbocycles. The van der Waals surface area contributed by atoms with Gasteiger partial charge in [-0.05, 0) is 60.0 Å². The summed E-state index contributed by atoms with van der Waals surface area (Å²) in [6.45, 7) is 1.32. The van der Waals surface area contributed by atoms with Gasteiger partial charge in [-0.15, -0.1) is 0 Å². The second kappa shape index (κ2) is 8.82. The van der Waals surface area contributed by atoms with Crippen LogP contribution in [0.1, 0.15) is 22.3 Å². The van der Waals surface area contributed by atoms with Crippen LogP contribution in [-0.2, 0) is 0 Å². The van der Waals surface area contributed by atoms with Crippen LogP contribution in [0.25, 0.3) is 22.5 Å². The number of pyridine rings is 1. The van der Waals surface area contributed by atoms with Crippen molar-refractivity contribution in [1.82, 2.24) is 14.3 Å². The topological polar surface area (TPSA) is 56.1 Å². The van der Waals surface area contributed by atoms with Gasteiger partial charge in [0.25, 0.3) is 5.91 Å². The predicted molar refractivity (Wildman–Crippen MR) is 129 cm³/mol. The van der Waals surface area contributed by atoms with Gasteiger partial charge in [0.05, 0.1) is 19.9 Å². The number of methoxy groups -OCH3 is 2. The van der Waals surface area contributed by atoms with E-state index in [-0.39, 0.29) is 5.91 Å². The quantitative estimate of drug-likeness (QED) is 0.442. The van der Waals surface area contributed by atoms with E-state index >= 15 is 0 Å². The maximum atomic E-state index is 12.7. The number of nitrogens with zero attached hydrogens (tertiary/aromatic N) is 3. The fraction of sp³-hybridized carbons (Fsp3) is 0.185. The van der Waals surface area contributed by atoms with Crippen LogP contribution in [0.5, 0.6) is 11.5 Å². The molecule has 1 aliphatic rings. The van der Waals surface area contributed by atoms with Gasteiger partial charge < -0.3 is 18.8 Å². The number of carbonyl (C=O) groups excluding carboxylic acids is 1. The summed E-state index contributed by atoms with van der Waals surface area (Å²) in [5.74, 6) is 1.45. The smallest absolute Gasteiger partial charge is 0.254 e. The average molecular weight is 440 g/mol. The first-order valence-corrected chi connectivity index (χ1v) is 10.9. The van der Waals surface area contributed by atoms with E-state index < -0.39 is 0 Å². The zero-order valence-electron chi connectivity index (χ0n) is 18.7. The number of imidazole rings is 1. The van der Waals surface area contributed by atoms with Crippen molar-refractivity contribution in [2.24, 2.45) is 0 Å². The van der Waals surface area contributed by atoms with Crippen LogP contribution in [-0.4, -0.2) is 47.5 Å². The van der Waals surface area contributed by atoms with E-state index in [9.17, 15) is 4.79 Å². The third-order valence-electron chi connectivity index (χ3n) is 6.02. The van der Waals surface area contributed by atoms with E-state index in [1.165, 1.54) is 5.57 Å². The number of ether oxygens (including phenoxy) is 2. The van der Waals surface area contributed by atoms with Gasteiger partial charge in [0.15, 0.2) is 11.5 Å². The molecule has 0 unspecified atom stereocenters. The molecule has 0 radical (unpaired) electrons. The lowest BCUT2D eigenvalue weighted by Crippen LogP contribution is -2.34. The fourth-order valence-corrected chi connectivity index (χ4v) is 4.20. The molecular formula is C27H25N3O3. The number of hydrogen-bond acceptors (Lipinski definition) is 4. The molecule has 166 valence electrons. The zero-order valence-corrected chi connectivity index (χ0v) is 18.7. The minimum absolute atomic E-state index is 0.0792. The molecule has 0 atom stereocenters. The molecule has 5 rings (SSSR count). The molecule has 0 N–H and O–H groups in total. The lowest BCUT2D eigenvalue weighted by Gasteiger charge is -2.26. The van der Waals surface area contributed by atoms with Gasteiger partial charge in [-0.25, -0.2) is 4.98 Å². The average Bonchev–Trinajstić information content (AvgIpc) is 3.32. The lowest BCUT2D eigenvalue weighted by molar-refractivity contribution is 0.0773. The molecule has 1 aliphatic heterocycles. The molecule has 4 aromatic rings. The summed E-state index contributed by atoms with van der Waals surface area (Å²) in [5, 5.41) is 0. The number of hydrogen-bond donors (Lipinski definition) is 0. The van der Waals surface area contributed by atoms with Crippen molar-refractivity contribution < 1.29 is 14.3 Å². The van der Waals surface area contributed by atoms with Gasteiger partial charge in [-0.1, -0.05) is 24.3 Å². The predicted octanol–water partition coefficient (Wildman–Crippen LogP) is 4.95. The van der Waals surface area contributed by atoms with Gasteiger partial charge in [-0.3, -0.25) is 4.79 Å². The molecule has 0 bridgehead atoms. The van der Waals surface area contributed by atoms with E-state index in [4.69, 9.17) is 14.5 Å². The molecule has 1 amide bonds. The van der Waals surface area contributed by atoms with Crippen molar-refractivity contribution in [3.8, 4) is 22.8 Å². The number of amides is 1. The minimum Gasteiger partial charge on any atom is -0.493 e. The largest absolute Gasteiger partial charge is 0.493 e. The molecule has 0 aliphatic carbocycles. The lowest BCUT2D eigenvalue weighted by atomic mass is 10.0. The Balaban J connectivity index is 1.37. The molecule has 3 heterocycles. The highest BCUT2D eigenvalue weighted by atomic mass is 16.5. The van der Waals surface area contributed by atoms with Gasteiger partial charge >= 0.3 is 0 Å². The van der Waals surface area contributed by atoms with Crippen molar-refractivity contribution in [2.45, 2.75) is 6.42 Å². The summed E-state index contributed by atoms with van der Waals surface area (Å²) in [5.41, 5.74) is 5.83. The van der Waals surface area contributed by atoms with Crippen molar-refractivity contribution in [3.05, 3.63) is 90.3 Å². The highest BCUT2D eigenvalue weighted by Crippen LogP contribution is 2.32. The SMILES string of the molecule is COc1ccc(-c2cn3cc(C4=CCN(C(=O)c5ccccc5)CC4)ccc3n2)cc1OC. The van der Waals surface area contributed by atoms with Crippen molar-refractivity contribution in [2.75, 3.05) is 27.3 Å². The molecule has 0 fully saturated rings. The second-order valence-corrected chi connectivity index (χ2v) is 7.98. The molecule has 2 aromatic heterocycles. The van der Waals surface area contributed by atoms with Crippen molar-refractivity contribution in [3.63, 3.8) is 0 Å². The Labute approximate surface area is 192 Å². The Kier molecular flexibility index (Phi) is 5.57. The molecule has 6 nitrogen and oxygen atoms in total. The standard InChI is InChI=1S/C27H25N3O3/c1-32-24-10-8-21(16-25(24)33-2)23-18-30-17-22(9-11-26(30)28-23)19-12-14-29(15-13-19)27(31)20-6-4-3-5-7-20/h3-12,16-18H,13-15H2,1-2H3. The first-order chi connectivity index (χ1) is 16.2. The van der Waals surface area contributed by atoms with Crippen LogP contribution < -0.4 is 9.47 Å². The van der Waals surface area contributed by atoms with E-state index in [1.54, 1.807) is 14.2 Å². The Bertz CT molecular complexity index is 1340. The molecule has 0 saturated carbocycles. The molecule has 6 heteroatoms. The highest BCUT2D eigenvalue weighted by molar-refractivity contribution is 5.94. The number of rotatable bonds is 5. The van der Waals surface area contributed by atoms with E-state index in [0.29, 0.717) is 24.6 Å². The first-order valence-electron chi connectivity index (χ1n) is 10.9. The maximum absolute atomic E-state index is 12.7. The number of benzene rings is 2. The van der Waals surface area contributed by atoms with Gasteiger partial charge in [0.2, 0.25) is 0 Å². The third kappa shape index (κ3) is 4.07. The molecule has 33 heavy (non-hydrogen) atoms. The van der Waals surface area contributed by atoms with Crippen LogP contribution in [0, 0.1) is 0 Å². The third-order valence-corrected chi connectivity index (χ3v) is 6.02. The molecule has 0 saturated heterocycles. The Hall–Kier alpha value is -4.06. The Morgan fingerprint density at radius 2 is 1.70 bits per heavy atom. The van der Waals surface area contributed by atoms with E-state index in [1.807, 2.05) is 70.1 Å². The van der Waals surface area contributed by atoms with Crippen LogP contribution in [0.15, 0.2) is 79.1 Å². The molecular weight excluding hydrogens is 414 g/mol. The van der Waals surface area contributed by atoms with Crippen LogP contribution in [0.4, 0.5) is 0 Å². The maximum Gasteiger partial charge on any atom is 0.254 e. The van der Waals surface area contributed by atoms with Crippen LogP contribution in [0.2, 0.25) is 0 Å². The monoisotopic (exact) mass is 439 g/mol. The Morgan fingerprint density at radius 3 is 2.42 bits per heavy atom. The number of fused-ring (bicyclic) bond motifs is 1. The fourth-order valence-electron chi connectivity index (χ4n) is 4.20. The van der Waals surface area contributed by atoms with E-state index in [0.717, 1.165) is 34.5 Å². The number of aromatic nitrogens is 2. The van der Waals surface area contributed by atoms with Gasteiger partial charge in [-0.2, -0.15) is 0 Å². The second-order valence-electron chi connectivity index (χ2n) is 7.98. The highest BCUT2D eigenvalue weighted by Gasteiger charge is 2.19. The van der Waals surface area contributed by atoms with Crippen LogP contribution >= 0.6 is 0 Å². The summed E-state index contributed by atoms with van der Waals surface area (Å²) < 4.78 is 12.8.